The van der Waals surface area contributed by atoms with E-state index in [-0.39, 0.29) is 0 Å². The second-order valence-electron chi connectivity index (χ2n) is 4.58. The summed E-state index contributed by atoms with van der Waals surface area (Å²) in [5.41, 5.74) is 2.22. The van der Waals surface area contributed by atoms with Crippen LogP contribution in [0.2, 0.25) is 5.02 Å². The molecule has 0 amide bonds. The Morgan fingerprint density at radius 3 is 2.65 bits per heavy atom. The molecule has 3 nitrogen and oxygen atoms in total. The molecule has 0 fully saturated rings. The van der Waals surface area contributed by atoms with Gasteiger partial charge in [-0.3, -0.25) is 0 Å². The molecule has 1 aromatic heterocycles. The van der Waals surface area contributed by atoms with Crippen molar-refractivity contribution >= 4 is 28.5 Å². The number of carboxylic acids is 1. The molecule has 0 saturated heterocycles. The first-order chi connectivity index (χ1) is 9.66. The minimum Gasteiger partial charge on any atom is -0.478 e. The molecule has 0 spiro atoms. The maximum absolute atomic E-state index is 11.2. The van der Waals surface area contributed by atoms with E-state index in [1.165, 1.54) is 0 Å². The zero-order valence-corrected chi connectivity index (χ0v) is 11.3. The number of hydrogen-bond donors (Lipinski definition) is 1. The van der Waals surface area contributed by atoms with Gasteiger partial charge in [-0.15, -0.1) is 0 Å². The van der Waals surface area contributed by atoms with Crippen LogP contribution in [-0.2, 0) is 6.54 Å². The fourth-order valence-electron chi connectivity index (χ4n) is 2.36. The second kappa shape index (κ2) is 5.02. The van der Waals surface area contributed by atoms with E-state index in [2.05, 4.69) is 0 Å². The van der Waals surface area contributed by atoms with Gasteiger partial charge in [0.2, 0.25) is 0 Å². The summed E-state index contributed by atoms with van der Waals surface area (Å²) in [6, 6.07) is 14.8. The van der Waals surface area contributed by atoms with Gasteiger partial charge in [0.05, 0.1) is 5.56 Å². The summed E-state index contributed by atoms with van der Waals surface area (Å²) in [6.45, 7) is 0.617. The topological polar surface area (TPSA) is 42.2 Å². The average molecular weight is 286 g/mol. The van der Waals surface area contributed by atoms with Gasteiger partial charge in [-0.05, 0) is 29.8 Å². The van der Waals surface area contributed by atoms with Gasteiger partial charge in [0.1, 0.15) is 0 Å². The third-order valence-corrected chi connectivity index (χ3v) is 3.71. The molecule has 0 aliphatic carbocycles. The largest absolute Gasteiger partial charge is 0.478 e. The van der Waals surface area contributed by atoms with Gasteiger partial charge in [-0.25, -0.2) is 4.79 Å². The Balaban J connectivity index is 2.08. The van der Waals surface area contributed by atoms with Gasteiger partial charge in [0.15, 0.2) is 0 Å². The fourth-order valence-corrected chi connectivity index (χ4v) is 2.55. The number of hydrogen-bond acceptors (Lipinski definition) is 1. The van der Waals surface area contributed by atoms with Crippen molar-refractivity contribution in [3.8, 4) is 0 Å². The van der Waals surface area contributed by atoms with Crippen molar-refractivity contribution in [3.63, 3.8) is 0 Å². The lowest BCUT2D eigenvalue weighted by Crippen LogP contribution is -2.00. The highest BCUT2D eigenvalue weighted by Gasteiger charge is 2.11. The van der Waals surface area contributed by atoms with Crippen LogP contribution in [0.5, 0.6) is 0 Å². The summed E-state index contributed by atoms with van der Waals surface area (Å²) in [5, 5.41) is 10.7. The smallest absolute Gasteiger partial charge is 0.336 e. The van der Waals surface area contributed by atoms with Crippen molar-refractivity contribution in [2.24, 2.45) is 0 Å². The summed E-state index contributed by atoms with van der Waals surface area (Å²) in [7, 11) is 0. The Morgan fingerprint density at radius 1 is 1.10 bits per heavy atom. The van der Waals surface area contributed by atoms with Crippen LogP contribution in [-0.4, -0.2) is 15.6 Å². The van der Waals surface area contributed by atoms with Gasteiger partial charge in [0, 0.05) is 28.7 Å². The first-order valence-electron chi connectivity index (χ1n) is 6.21. The fraction of sp³-hybridized carbons (Fsp3) is 0.0625. The van der Waals surface area contributed by atoms with Gasteiger partial charge in [-0.2, -0.15) is 0 Å². The Bertz CT molecular complexity index is 792. The molecule has 2 aromatic carbocycles. The number of halogens is 1. The van der Waals surface area contributed by atoms with Crippen molar-refractivity contribution in [2.45, 2.75) is 6.54 Å². The zero-order valence-electron chi connectivity index (χ0n) is 10.6. The monoisotopic (exact) mass is 285 g/mol. The first kappa shape index (κ1) is 12.8. The highest BCUT2D eigenvalue weighted by molar-refractivity contribution is 6.31. The van der Waals surface area contributed by atoms with Crippen molar-refractivity contribution in [1.82, 2.24) is 4.57 Å². The maximum atomic E-state index is 11.2. The molecule has 0 radical (unpaired) electrons. The summed E-state index contributed by atoms with van der Waals surface area (Å²) >= 11 is 6.17. The molecular weight excluding hydrogens is 274 g/mol. The van der Waals surface area contributed by atoms with E-state index in [1.54, 1.807) is 12.1 Å². The Morgan fingerprint density at radius 2 is 1.90 bits per heavy atom. The zero-order chi connectivity index (χ0) is 14.1. The van der Waals surface area contributed by atoms with Crippen LogP contribution in [0.25, 0.3) is 10.9 Å². The number of benzene rings is 2. The molecule has 4 heteroatoms. The number of fused-ring (bicyclic) bond motifs is 1. The lowest BCUT2D eigenvalue weighted by Gasteiger charge is -2.08. The van der Waals surface area contributed by atoms with Crippen molar-refractivity contribution in [3.05, 3.63) is 70.9 Å². The lowest BCUT2D eigenvalue weighted by molar-refractivity contribution is 0.0699. The van der Waals surface area contributed by atoms with Crippen LogP contribution in [0.4, 0.5) is 0 Å². The predicted octanol–water partition coefficient (Wildman–Crippen LogP) is 4.04. The summed E-state index contributed by atoms with van der Waals surface area (Å²) in [6.07, 6.45) is 1.89. The van der Waals surface area contributed by atoms with Gasteiger partial charge < -0.3 is 9.67 Å². The van der Waals surface area contributed by atoms with E-state index in [4.69, 9.17) is 11.6 Å². The highest BCUT2D eigenvalue weighted by Crippen LogP contribution is 2.23. The van der Waals surface area contributed by atoms with Crippen LogP contribution >= 0.6 is 11.6 Å². The van der Waals surface area contributed by atoms with E-state index in [0.29, 0.717) is 17.1 Å². The van der Waals surface area contributed by atoms with Crippen molar-refractivity contribution < 1.29 is 9.90 Å². The SMILES string of the molecule is O=C(O)c1cccc2c1ccn2Cc1ccccc1Cl. The molecule has 1 N–H and O–H groups in total. The first-order valence-corrected chi connectivity index (χ1v) is 6.59. The van der Waals surface area contributed by atoms with Crippen LogP contribution in [0, 0.1) is 0 Å². The Hall–Kier alpha value is -2.26. The maximum Gasteiger partial charge on any atom is 0.336 e. The number of rotatable bonds is 3. The van der Waals surface area contributed by atoms with Crippen molar-refractivity contribution in [2.75, 3.05) is 0 Å². The second-order valence-corrected chi connectivity index (χ2v) is 4.99. The Kier molecular flexibility index (Phi) is 3.20. The quantitative estimate of drug-likeness (QED) is 0.789. The molecule has 0 atom stereocenters. The molecule has 0 aliphatic rings. The van der Waals surface area contributed by atoms with E-state index in [9.17, 15) is 9.90 Å². The minimum absolute atomic E-state index is 0.320. The number of carboxylic acid groups (broad SMARTS) is 1. The van der Waals surface area contributed by atoms with E-state index >= 15 is 0 Å². The van der Waals surface area contributed by atoms with Crippen LogP contribution in [0.15, 0.2) is 54.7 Å². The standard InChI is InChI=1S/C16H12ClNO2/c17-14-6-2-1-4-11(14)10-18-9-8-12-13(16(19)20)5-3-7-15(12)18/h1-9H,10H2,(H,19,20). The molecule has 100 valence electrons. The molecule has 0 aliphatic heterocycles. The molecule has 0 unspecified atom stereocenters. The summed E-state index contributed by atoms with van der Waals surface area (Å²) in [5.74, 6) is -0.911. The van der Waals surface area contributed by atoms with Gasteiger partial charge >= 0.3 is 5.97 Å². The van der Waals surface area contributed by atoms with E-state index < -0.39 is 5.97 Å². The molecule has 0 saturated carbocycles. The van der Waals surface area contributed by atoms with E-state index in [1.807, 2.05) is 47.2 Å². The molecule has 20 heavy (non-hydrogen) atoms. The lowest BCUT2D eigenvalue weighted by atomic mass is 10.1. The van der Waals surface area contributed by atoms with Crippen LogP contribution < -0.4 is 0 Å². The third-order valence-electron chi connectivity index (χ3n) is 3.34. The average Bonchev–Trinajstić information content (AvgIpc) is 2.84. The van der Waals surface area contributed by atoms with Gasteiger partial charge in [-0.1, -0.05) is 35.9 Å². The van der Waals surface area contributed by atoms with Crippen LogP contribution in [0.1, 0.15) is 15.9 Å². The Labute approximate surface area is 121 Å². The van der Waals surface area contributed by atoms with Crippen molar-refractivity contribution in [1.29, 1.82) is 0 Å². The molecule has 3 aromatic rings. The normalized spacial score (nSPS) is 10.8. The minimum atomic E-state index is -0.911. The van der Waals surface area contributed by atoms with Crippen LogP contribution in [0.3, 0.4) is 0 Å². The molecule has 3 rings (SSSR count). The molecular formula is C16H12ClNO2. The summed E-state index contributed by atoms with van der Waals surface area (Å²) < 4.78 is 2.00. The van der Waals surface area contributed by atoms with E-state index in [0.717, 1.165) is 16.5 Å². The van der Waals surface area contributed by atoms with Gasteiger partial charge in [0.25, 0.3) is 0 Å². The summed E-state index contributed by atoms with van der Waals surface area (Å²) in [4.78, 5) is 11.2. The highest BCUT2D eigenvalue weighted by atomic mass is 35.5. The number of aromatic carboxylic acids is 1. The molecule has 0 bridgehead atoms. The number of carbonyl (C=O) groups is 1. The predicted molar refractivity (Wildman–Crippen MR) is 79.5 cm³/mol. The number of aromatic nitrogens is 1. The molecule has 1 heterocycles. The third kappa shape index (κ3) is 2.17. The number of nitrogens with zero attached hydrogens (tertiary/aromatic N) is 1.